The van der Waals surface area contributed by atoms with Gasteiger partial charge in [0, 0.05) is 13.0 Å². The Morgan fingerprint density at radius 3 is 2.27 bits per heavy atom. The summed E-state index contributed by atoms with van der Waals surface area (Å²) in [6.45, 7) is 5.09. The summed E-state index contributed by atoms with van der Waals surface area (Å²) >= 11 is 0. The molecule has 0 bridgehead atoms. The molecule has 0 unspecified atom stereocenters. The standard InChI is InChI=1S/C24H31NO5/c1-16(2)12-24(26)25-11-10-17-13-22(28-4)23(29-5)14-18(17)19(25)15-30-21-9-7-6-8-20(21)27-3/h6-9,13-14,16,19H,10-12,15H2,1-5H3/t19-/m1/s1. The lowest BCUT2D eigenvalue weighted by Crippen LogP contribution is -2.43. The van der Waals surface area contributed by atoms with E-state index in [0.29, 0.717) is 48.5 Å². The van der Waals surface area contributed by atoms with E-state index in [-0.39, 0.29) is 11.9 Å². The highest BCUT2D eigenvalue weighted by molar-refractivity contribution is 5.77. The second-order valence-corrected chi connectivity index (χ2v) is 7.82. The summed E-state index contributed by atoms with van der Waals surface area (Å²) < 4.78 is 22.5. The molecule has 0 radical (unpaired) electrons. The van der Waals surface area contributed by atoms with Crippen LogP contribution in [-0.4, -0.2) is 45.3 Å². The van der Waals surface area contributed by atoms with Gasteiger partial charge in [0.2, 0.25) is 5.91 Å². The van der Waals surface area contributed by atoms with E-state index in [1.807, 2.05) is 41.3 Å². The molecule has 30 heavy (non-hydrogen) atoms. The van der Waals surface area contributed by atoms with Crippen LogP contribution in [0.2, 0.25) is 0 Å². The van der Waals surface area contributed by atoms with Crippen molar-refractivity contribution in [2.75, 3.05) is 34.5 Å². The van der Waals surface area contributed by atoms with E-state index < -0.39 is 0 Å². The Kier molecular flexibility index (Phi) is 7.08. The maximum absolute atomic E-state index is 13.0. The number of nitrogens with zero attached hydrogens (tertiary/aromatic N) is 1. The van der Waals surface area contributed by atoms with E-state index in [9.17, 15) is 4.79 Å². The second kappa shape index (κ2) is 9.74. The number of ether oxygens (including phenoxy) is 4. The average Bonchev–Trinajstić information content (AvgIpc) is 2.75. The van der Waals surface area contributed by atoms with Gasteiger partial charge in [0.15, 0.2) is 23.0 Å². The van der Waals surface area contributed by atoms with Crippen molar-refractivity contribution in [2.24, 2.45) is 5.92 Å². The van der Waals surface area contributed by atoms with Crippen molar-refractivity contribution in [3.8, 4) is 23.0 Å². The fourth-order valence-electron chi connectivity index (χ4n) is 3.88. The molecule has 2 aromatic rings. The van der Waals surface area contributed by atoms with Gasteiger partial charge in [-0.1, -0.05) is 26.0 Å². The zero-order chi connectivity index (χ0) is 21.7. The predicted molar refractivity (Wildman–Crippen MR) is 116 cm³/mol. The second-order valence-electron chi connectivity index (χ2n) is 7.82. The van der Waals surface area contributed by atoms with Crippen molar-refractivity contribution in [1.29, 1.82) is 0 Å². The Bertz CT molecular complexity index is 880. The number of fused-ring (bicyclic) bond motifs is 1. The zero-order valence-corrected chi connectivity index (χ0v) is 18.4. The summed E-state index contributed by atoms with van der Waals surface area (Å²) in [5.74, 6) is 3.10. The molecular formula is C24H31NO5. The molecule has 0 spiro atoms. The Balaban J connectivity index is 1.95. The number of carbonyl (C=O) groups is 1. The fraction of sp³-hybridized carbons (Fsp3) is 0.458. The van der Waals surface area contributed by atoms with Gasteiger partial charge in [0.25, 0.3) is 0 Å². The molecule has 0 saturated carbocycles. The summed E-state index contributed by atoms with van der Waals surface area (Å²) in [5.41, 5.74) is 2.18. The zero-order valence-electron chi connectivity index (χ0n) is 18.4. The maximum Gasteiger partial charge on any atom is 0.223 e. The molecular weight excluding hydrogens is 382 g/mol. The molecule has 1 aliphatic rings. The van der Waals surface area contributed by atoms with Crippen LogP contribution in [0.4, 0.5) is 0 Å². The third-order valence-electron chi connectivity index (χ3n) is 5.37. The molecule has 6 nitrogen and oxygen atoms in total. The number of rotatable bonds is 8. The van der Waals surface area contributed by atoms with Gasteiger partial charge in [-0.25, -0.2) is 0 Å². The van der Waals surface area contributed by atoms with Gasteiger partial charge >= 0.3 is 0 Å². The Labute approximate surface area is 178 Å². The fourth-order valence-corrected chi connectivity index (χ4v) is 3.88. The third-order valence-corrected chi connectivity index (χ3v) is 5.37. The van der Waals surface area contributed by atoms with E-state index in [0.717, 1.165) is 17.5 Å². The topological polar surface area (TPSA) is 57.2 Å². The smallest absolute Gasteiger partial charge is 0.223 e. The molecule has 0 aromatic heterocycles. The van der Waals surface area contributed by atoms with Crippen LogP contribution in [0.1, 0.15) is 37.4 Å². The first kappa shape index (κ1) is 21.8. The van der Waals surface area contributed by atoms with E-state index in [4.69, 9.17) is 18.9 Å². The first-order valence-electron chi connectivity index (χ1n) is 10.3. The first-order valence-corrected chi connectivity index (χ1v) is 10.3. The van der Waals surface area contributed by atoms with E-state index in [1.165, 1.54) is 0 Å². The SMILES string of the molecule is COc1cc2c(cc1OC)[C@@H](COc1ccccc1OC)N(C(=O)CC(C)C)CC2. The molecule has 1 heterocycles. The average molecular weight is 414 g/mol. The van der Waals surface area contributed by atoms with Gasteiger partial charge in [-0.2, -0.15) is 0 Å². The highest BCUT2D eigenvalue weighted by atomic mass is 16.5. The first-order chi connectivity index (χ1) is 14.5. The molecule has 1 aliphatic heterocycles. The van der Waals surface area contributed by atoms with Crippen molar-refractivity contribution in [3.63, 3.8) is 0 Å². The molecule has 2 aromatic carbocycles. The van der Waals surface area contributed by atoms with Crippen LogP contribution < -0.4 is 18.9 Å². The van der Waals surface area contributed by atoms with Crippen molar-refractivity contribution in [3.05, 3.63) is 47.5 Å². The molecule has 0 saturated heterocycles. The van der Waals surface area contributed by atoms with E-state index >= 15 is 0 Å². The van der Waals surface area contributed by atoms with Gasteiger partial charge in [0.05, 0.1) is 27.4 Å². The van der Waals surface area contributed by atoms with Gasteiger partial charge < -0.3 is 23.8 Å². The number of carbonyl (C=O) groups excluding carboxylic acids is 1. The quantitative estimate of drug-likeness (QED) is 0.647. The summed E-state index contributed by atoms with van der Waals surface area (Å²) in [6, 6.07) is 11.3. The molecule has 0 fully saturated rings. The van der Waals surface area contributed by atoms with Crippen LogP contribution in [0, 0.1) is 5.92 Å². The maximum atomic E-state index is 13.0. The number of amides is 1. The number of para-hydroxylation sites is 2. The van der Waals surface area contributed by atoms with Crippen LogP contribution in [0.5, 0.6) is 23.0 Å². The van der Waals surface area contributed by atoms with Crippen LogP contribution in [0.3, 0.4) is 0 Å². The highest BCUT2D eigenvalue weighted by Gasteiger charge is 2.33. The van der Waals surface area contributed by atoms with Crippen molar-refractivity contribution < 1.29 is 23.7 Å². The summed E-state index contributed by atoms with van der Waals surface area (Å²) in [4.78, 5) is 15.0. The van der Waals surface area contributed by atoms with Gasteiger partial charge in [-0.15, -0.1) is 0 Å². The van der Waals surface area contributed by atoms with Crippen LogP contribution in [0.25, 0.3) is 0 Å². The summed E-state index contributed by atoms with van der Waals surface area (Å²) in [5, 5.41) is 0. The van der Waals surface area contributed by atoms with Crippen molar-refractivity contribution >= 4 is 5.91 Å². The highest BCUT2D eigenvalue weighted by Crippen LogP contribution is 2.39. The lowest BCUT2D eigenvalue weighted by atomic mass is 9.91. The van der Waals surface area contributed by atoms with Crippen LogP contribution in [0.15, 0.2) is 36.4 Å². The molecule has 1 atom stereocenters. The number of hydrogen-bond donors (Lipinski definition) is 0. The Morgan fingerprint density at radius 1 is 1.00 bits per heavy atom. The molecule has 6 heteroatoms. The van der Waals surface area contributed by atoms with Crippen LogP contribution in [-0.2, 0) is 11.2 Å². The number of hydrogen-bond acceptors (Lipinski definition) is 5. The Hall–Kier alpha value is -2.89. The minimum atomic E-state index is -0.218. The van der Waals surface area contributed by atoms with Gasteiger partial charge in [-0.3, -0.25) is 4.79 Å². The minimum Gasteiger partial charge on any atom is -0.493 e. The molecule has 162 valence electrons. The monoisotopic (exact) mass is 413 g/mol. The lowest BCUT2D eigenvalue weighted by Gasteiger charge is -2.38. The van der Waals surface area contributed by atoms with Gasteiger partial charge in [0.1, 0.15) is 6.61 Å². The third kappa shape index (κ3) is 4.64. The number of benzene rings is 2. The summed E-state index contributed by atoms with van der Waals surface area (Å²) in [6.07, 6.45) is 1.28. The number of methoxy groups -OCH3 is 3. The molecule has 0 aliphatic carbocycles. The predicted octanol–water partition coefficient (Wildman–Crippen LogP) is 4.26. The van der Waals surface area contributed by atoms with E-state index in [2.05, 4.69) is 13.8 Å². The minimum absolute atomic E-state index is 0.138. The molecule has 0 N–H and O–H groups in total. The molecule has 3 rings (SSSR count). The van der Waals surface area contributed by atoms with Crippen molar-refractivity contribution in [1.82, 2.24) is 4.90 Å². The van der Waals surface area contributed by atoms with E-state index in [1.54, 1.807) is 21.3 Å². The Morgan fingerprint density at radius 2 is 1.63 bits per heavy atom. The molecule has 1 amide bonds. The largest absolute Gasteiger partial charge is 0.493 e. The summed E-state index contributed by atoms with van der Waals surface area (Å²) in [7, 11) is 4.87. The van der Waals surface area contributed by atoms with Crippen molar-refractivity contribution in [2.45, 2.75) is 32.7 Å². The normalized spacial score (nSPS) is 15.5. The lowest BCUT2D eigenvalue weighted by molar-refractivity contribution is -0.135. The van der Waals surface area contributed by atoms with Gasteiger partial charge in [-0.05, 0) is 47.7 Å². The van der Waals surface area contributed by atoms with Crippen LogP contribution >= 0.6 is 0 Å².